The van der Waals surface area contributed by atoms with E-state index in [1.165, 1.54) is 12.4 Å². The molecule has 34 heavy (non-hydrogen) atoms. The van der Waals surface area contributed by atoms with Crippen molar-refractivity contribution in [3.8, 4) is 5.75 Å². The first kappa shape index (κ1) is 24.6. The molecule has 178 valence electrons. The van der Waals surface area contributed by atoms with Crippen LogP contribution in [0.25, 0.3) is 0 Å². The predicted molar refractivity (Wildman–Crippen MR) is 135 cm³/mol. The fourth-order valence-corrected chi connectivity index (χ4v) is 3.59. The fraction of sp³-hybridized carbons (Fsp3) is 0.269. The number of hydrogen-bond acceptors (Lipinski definition) is 6. The monoisotopic (exact) mass is 461 g/mol. The van der Waals surface area contributed by atoms with Crippen molar-refractivity contribution in [1.29, 1.82) is 0 Å². The Morgan fingerprint density at radius 3 is 2.50 bits per heavy atom. The zero-order valence-corrected chi connectivity index (χ0v) is 19.8. The highest BCUT2D eigenvalue weighted by molar-refractivity contribution is 6.13. The van der Waals surface area contributed by atoms with E-state index in [0.29, 0.717) is 19.4 Å². The first-order valence-corrected chi connectivity index (χ1v) is 11.0. The number of nitrogens with zero attached hydrogens (tertiary/aromatic N) is 2. The SMILES string of the molecule is C=CN=C/C(=C\N)C(=O)NC1(C(=O)NCc2ccc(N(C)c3ccc(OC)cc3C)cc2)CC1. The fourth-order valence-electron chi connectivity index (χ4n) is 3.59. The number of carbonyl (C=O) groups excluding carboxylic acids is 2. The molecule has 0 aromatic heterocycles. The molecule has 1 saturated carbocycles. The molecule has 8 nitrogen and oxygen atoms in total. The third-order valence-corrected chi connectivity index (χ3v) is 5.84. The number of aryl methyl sites for hydroxylation is 1. The molecule has 2 aromatic rings. The van der Waals surface area contributed by atoms with E-state index in [9.17, 15) is 9.59 Å². The Kier molecular flexibility index (Phi) is 7.73. The number of carbonyl (C=O) groups is 2. The molecule has 0 bridgehead atoms. The van der Waals surface area contributed by atoms with Gasteiger partial charge in [0.1, 0.15) is 11.3 Å². The quantitative estimate of drug-likeness (QED) is 0.372. The number of nitrogens with one attached hydrogen (secondary N) is 2. The van der Waals surface area contributed by atoms with E-state index >= 15 is 0 Å². The van der Waals surface area contributed by atoms with Crippen LogP contribution in [0.5, 0.6) is 5.75 Å². The number of amides is 2. The van der Waals surface area contributed by atoms with Gasteiger partial charge in [-0.05, 0) is 61.2 Å². The molecule has 0 atom stereocenters. The van der Waals surface area contributed by atoms with Gasteiger partial charge in [0.2, 0.25) is 5.91 Å². The summed E-state index contributed by atoms with van der Waals surface area (Å²) in [7, 11) is 3.66. The maximum absolute atomic E-state index is 12.8. The number of rotatable bonds is 10. The average molecular weight is 462 g/mol. The lowest BCUT2D eigenvalue weighted by molar-refractivity contribution is -0.128. The second kappa shape index (κ2) is 10.7. The molecule has 1 fully saturated rings. The van der Waals surface area contributed by atoms with Crippen molar-refractivity contribution in [2.45, 2.75) is 31.8 Å². The van der Waals surface area contributed by atoms with Gasteiger partial charge in [0.05, 0.1) is 12.7 Å². The highest BCUT2D eigenvalue weighted by Gasteiger charge is 2.51. The molecule has 1 aliphatic carbocycles. The van der Waals surface area contributed by atoms with Crippen LogP contribution in [0.15, 0.2) is 72.0 Å². The van der Waals surface area contributed by atoms with E-state index < -0.39 is 11.4 Å². The van der Waals surface area contributed by atoms with Crippen molar-refractivity contribution >= 4 is 29.4 Å². The summed E-state index contributed by atoms with van der Waals surface area (Å²) in [6.07, 6.45) is 4.92. The molecule has 3 rings (SSSR count). The molecule has 1 aliphatic rings. The van der Waals surface area contributed by atoms with Crippen LogP contribution >= 0.6 is 0 Å². The van der Waals surface area contributed by atoms with E-state index in [-0.39, 0.29) is 11.5 Å². The summed E-state index contributed by atoms with van der Waals surface area (Å²) in [5.74, 6) is 0.167. The second-order valence-corrected chi connectivity index (χ2v) is 8.18. The summed E-state index contributed by atoms with van der Waals surface area (Å²) in [5, 5.41) is 5.71. The van der Waals surface area contributed by atoms with Crippen molar-refractivity contribution in [2.75, 3.05) is 19.1 Å². The van der Waals surface area contributed by atoms with Crippen LogP contribution in [0.4, 0.5) is 11.4 Å². The molecule has 8 heteroatoms. The summed E-state index contributed by atoms with van der Waals surface area (Å²) < 4.78 is 5.29. The topological polar surface area (TPSA) is 109 Å². The maximum atomic E-state index is 12.8. The van der Waals surface area contributed by atoms with Crippen LogP contribution < -0.4 is 26.0 Å². The van der Waals surface area contributed by atoms with Gasteiger partial charge >= 0.3 is 0 Å². The molecule has 0 saturated heterocycles. The standard InChI is InChI=1S/C26H31N5O3/c1-5-28-17-20(15-27)24(32)30-26(12-13-26)25(33)29-16-19-6-8-21(9-7-19)31(3)23-11-10-22(34-4)14-18(23)2/h5-11,14-15,17H,1,12-13,16,27H2,2-4H3,(H,29,33)(H,30,32)/b20-15+,28-17?. The van der Waals surface area contributed by atoms with Gasteiger partial charge in [-0.2, -0.15) is 0 Å². The van der Waals surface area contributed by atoms with Gasteiger partial charge in [0.25, 0.3) is 5.91 Å². The Morgan fingerprint density at radius 2 is 1.94 bits per heavy atom. The Labute approximate surface area is 200 Å². The summed E-state index contributed by atoms with van der Waals surface area (Å²) >= 11 is 0. The van der Waals surface area contributed by atoms with Crippen molar-refractivity contribution in [3.63, 3.8) is 0 Å². The lowest BCUT2D eigenvalue weighted by Crippen LogP contribution is -2.49. The van der Waals surface area contributed by atoms with Gasteiger partial charge in [-0.1, -0.05) is 18.7 Å². The lowest BCUT2D eigenvalue weighted by atomic mass is 10.1. The van der Waals surface area contributed by atoms with Crippen LogP contribution in [0.1, 0.15) is 24.0 Å². The molecule has 4 N–H and O–H groups in total. The Hall–Kier alpha value is -4.07. The number of methoxy groups -OCH3 is 1. The van der Waals surface area contributed by atoms with E-state index in [1.54, 1.807) is 7.11 Å². The highest BCUT2D eigenvalue weighted by atomic mass is 16.5. The Bertz CT molecular complexity index is 1120. The van der Waals surface area contributed by atoms with Crippen molar-refractivity contribution in [1.82, 2.24) is 10.6 Å². The number of hydrogen-bond donors (Lipinski definition) is 3. The molecular formula is C26H31N5O3. The third kappa shape index (κ3) is 5.64. The normalized spacial score (nSPS) is 14.4. The van der Waals surface area contributed by atoms with Crippen LogP contribution in [-0.2, 0) is 16.1 Å². The van der Waals surface area contributed by atoms with Gasteiger partial charge in [-0.3, -0.25) is 14.6 Å². The average Bonchev–Trinajstić information content (AvgIpc) is 3.63. The molecule has 0 unspecified atom stereocenters. The number of ether oxygens (including phenoxy) is 1. The van der Waals surface area contributed by atoms with Gasteiger partial charge in [-0.25, -0.2) is 0 Å². The highest BCUT2D eigenvalue weighted by Crippen LogP contribution is 2.36. The molecule has 2 aromatic carbocycles. The first-order chi connectivity index (χ1) is 16.3. The minimum atomic E-state index is -0.903. The Balaban J connectivity index is 1.59. The molecule has 0 radical (unpaired) electrons. The van der Waals surface area contributed by atoms with E-state index in [0.717, 1.165) is 34.5 Å². The Morgan fingerprint density at radius 1 is 1.24 bits per heavy atom. The molecule has 2 amide bonds. The van der Waals surface area contributed by atoms with Gasteiger partial charge in [0, 0.05) is 43.6 Å². The third-order valence-electron chi connectivity index (χ3n) is 5.84. The number of aliphatic imine (C=N–C) groups is 1. The maximum Gasteiger partial charge on any atom is 0.255 e. The van der Waals surface area contributed by atoms with E-state index in [4.69, 9.17) is 10.5 Å². The van der Waals surface area contributed by atoms with Crippen molar-refractivity contribution in [3.05, 3.63) is 78.1 Å². The van der Waals surface area contributed by atoms with Crippen LogP contribution in [-0.4, -0.2) is 37.7 Å². The lowest BCUT2D eigenvalue weighted by Gasteiger charge is -2.22. The summed E-state index contributed by atoms with van der Waals surface area (Å²) in [5.41, 5.74) is 8.94. The number of nitrogens with two attached hydrogens (primary N) is 1. The molecule has 0 aliphatic heterocycles. The van der Waals surface area contributed by atoms with Gasteiger partial charge in [0.15, 0.2) is 0 Å². The zero-order valence-electron chi connectivity index (χ0n) is 19.8. The van der Waals surface area contributed by atoms with E-state index in [1.807, 2.05) is 56.4 Å². The molecule has 0 heterocycles. The van der Waals surface area contributed by atoms with Crippen LogP contribution in [0.3, 0.4) is 0 Å². The van der Waals surface area contributed by atoms with Crippen LogP contribution in [0, 0.1) is 6.92 Å². The minimum Gasteiger partial charge on any atom is -0.497 e. The largest absolute Gasteiger partial charge is 0.497 e. The smallest absolute Gasteiger partial charge is 0.255 e. The molecule has 0 spiro atoms. The van der Waals surface area contributed by atoms with Gasteiger partial charge in [-0.15, -0.1) is 0 Å². The zero-order chi connectivity index (χ0) is 24.7. The van der Waals surface area contributed by atoms with Crippen LogP contribution in [0.2, 0.25) is 0 Å². The first-order valence-electron chi connectivity index (χ1n) is 11.0. The summed E-state index contributed by atoms with van der Waals surface area (Å²) in [6.45, 7) is 5.87. The predicted octanol–water partition coefficient (Wildman–Crippen LogP) is 3.09. The number of anilines is 2. The van der Waals surface area contributed by atoms with Crippen molar-refractivity contribution in [2.24, 2.45) is 10.7 Å². The number of benzene rings is 2. The second-order valence-electron chi connectivity index (χ2n) is 8.18. The summed E-state index contributed by atoms with van der Waals surface area (Å²) in [6, 6.07) is 13.9. The van der Waals surface area contributed by atoms with Gasteiger partial charge < -0.3 is 26.0 Å². The molecular weight excluding hydrogens is 430 g/mol. The van der Waals surface area contributed by atoms with Crippen molar-refractivity contribution < 1.29 is 14.3 Å². The van der Waals surface area contributed by atoms with E-state index in [2.05, 4.69) is 27.1 Å². The minimum absolute atomic E-state index is 0.172. The summed E-state index contributed by atoms with van der Waals surface area (Å²) in [4.78, 5) is 31.1.